The number of benzene rings is 3. The molecular formula is C25H21BrN2O5. The third-order valence-electron chi connectivity index (χ3n) is 4.36. The quantitative estimate of drug-likeness (QED) is 0.144. The molecule has 3 aromatic rings. The topological polar surface area (TPSA) is 86.2 Å². The molecule has 0 atom stereocenters. The zero-order valence-electron chi connectivity index (χ0n) is 17.8. The summed E-state index contributed by atoms with van der Waals surface area (Å²) in [7, 11) is 1.55. The maximum absolute atomic E-state index is 12.6. The van der Waals surface area contributed by atoms with Gasteiger partial charge in [-0.2, -0.15) is 5.10 Å². The molecule has 0 unspecified atom stereocenters. The van der Waals surface area contributed by atoms with Gasteiger partial charge in [-0.3, -0.25) is 4.79 Å². The fourth-order valence-corrected chi connectivity index (χ4v) is 3.10. The minimum absolute atomic E-state index is 0.262. The Morgan fingerprint density at radius 2 is 1.82 bits per heavy atom. The normalized spacial score (nSPS) is 10.5. The Bertz CT molecular complexity index is 1180. The first-order valence-corrected chi connectivity index (χ1v) is 10.6. The van der Waals surface area contributed by atoms with Gasteiger partial charge in [-0.15, -0.1) is 0 Å². The van der Waals surface area contributed by atoms with Crippen molar-refractivity contribution in [3.05, 3.63) is 101 Å². The van der Waals surface area contributed by atoms with Crippen LogP contribution in [0.2, 0.25) is 0 Å². The zero-order valence-corrected chi connectivity index (χ0v) is 19.4. The monoisotopic (exact) mass is 508 g/mol. The summed E-state index contributed by atoms with van der Waals surface area (Å²) in [6, 6.07) is 18.5. The van der Waals surface area contributed by atoms with E-state index in [1.807, 2.05) is 0 Å². The van der Waals surface area contributed by atoms with Gasteiger partial charge in [0, 0.05) is 10.0 Å². The van der Waals surface area contributed by atoms with Crippen LogP contribution in [0.1, 0.15) is 26.3 Å². The number of methoxy groups -OCH3 is 1. The van der Waals surface area contributed by atoms with Crippen LogP contribution < -0.4 is 19.6 Å². The van der Waals surface area contributed by atoms with E-state index in [1.165, 1.54) is 6.21 Å². The number of rotatable bonds is 9. The van der Waals surface area contributed by atoms with Gasteiger partial charge >= 0.3 is 5.97 Å². The van der Waals surface area contributed by atoms with Crippen LogP contribution in [0.15, 0.2) is 89.0 Å². The molecule has 0 saturated carbocycles. The molecular weight excluding hydrogens is 488 g/mol. The Morgan fingerprint density at radius 3 is 2.55 bits per heavy atom. The molecule has 0 radical (unpaired) electrons. The Kier molecular flexibility index (Phi) is 8.37. The molecule has 0 aliphatic carbocycles. The van der Waals surface area contributed by atoms with Crippen molar-refractivity contribution in [2.75, 3.05) is 13.7 Å². The molecule has 0 aromatic heterocycles. The van der Waals surface area contributed by atoms with Crippen LogP contribution in [-0.4, -0.2) is 31.8 Å². The molecule has 168 valence electrons. The summed E-state index contributed by atoms with van der Waals surface area (Å²) < 4.78 is 16.9. The van der Waals surface area contributed by atoms with Gasteiger partial charge in [0.15, 0.2) is 0 Å². The van der Waals surface area contributed by atoms with Crippen molar-refractivity contribution >= 4 is 34.0 Å². The molecule has 0 bridgehead atoms. The Morgan fingerprint density at radius 1 is 1.06 bits per heavy atom. The van der Waals surface area contributed by atoms with E-state index in [1.54, 1.807) is 79.9 Å². The highest BCUT2D eigenvalue weighted by atomic mass is 79.9. The lowest BCUT2D eigenvalue weighted by atomic mass is 10.2. The van der Waals surface area contributed by atoms with E-state index in [4.69, 9.17) is 14.2 Å². The molecule has 7 nitrogen and oxygen atoms in total. The number of carbonyl (C=O) groups is 2. The first-order chi connectivity index (χ1) is 16.0. The number of hydrogen-bond acceptors (Lipinski definition) is 6. The number of halogens is 1. The summed E-state index contributed by atoms with van der Waals surface area (Å²) in [5.41, 5.74) is 3.66. The van der Waals surface area contributed by atoms with Gasteiger partial charge in [-0.05, 0) is 54.6 Å². The van der Waals surface area contributed by atoms with Gasteiger partial charge in [-0.1, -0.05) is 40.7 Å². The maximum atomic E-state index is 12.6. The Balaban J connectivity index is 1.71. The van der Waals surface area contributed by atoms with E-state index in [2.05, 4.69) is 33.0 Å². The molecule has 0 aliphatic rings. The van der Waals surface area contributed by atoms with Crippen molar-refractivity contribution in [3.8, 4) is 17.2 Å². The Labute approximate surface area is 199 Å². The van der Waals surface area contributed by atoms with Crippen molar-refractivity contribution in [1.29, 1.82) is 0 Å². The minimum Gasteiger partial charge on any atom is -0.497 e. The minimum atomic E-state index is -0.527. The lowest BCUT2D eigenvalue weighted by molar-refractivity contribution is 0.0734. The van der Waals surface area contributed by atoms with Crippen molar-refractivity contribution < 1.29 is 23.8 Å². The van der Waals surface area contributed by atoms with Crippen LogP contribution in [0, 0.1) is 0 Å². The molecule has 0 saturated heterocycles. The van der Waals surface area contributed by atoms with E-state index >= 15 is 0 Å². The number of ether oxygens (including phenoxy) is 3. The van der Waals surface area contributed by atoms with Crippen molar-refractivity contribution in [1.82, 2.24) is 5.43 Å². The molecule has 8 heteroatoms. The lowest BCUT2D eigenvalue weighted by Gasteiger charge is -2.10. The summed E-state index contributed by atoms with van der Waals surface area (Å²) >= 11 is 3.35. The summed E-state index contributed by atoms with van der Waals surface area (Å²) in [6.45, 7) is 3.87. The molecule has 3 rings (SSSR count). The number of nitrogens with zero attached hydrogens (tertiary/aromatic N) is 1. The first-order valence-electron chi connectivity index (χ1n) is 9.83. The third kappa shape index (κ3) is 6.54. The van der Waals surface area contributed by atoms with Crippen LogP contribution in [-0.2, 0) is 0 Å². The molecule has 0 spiro atoms. The summed E-state index contributed by atoms with van der Waals surface area (Å²) in [5.74, 6) is 0.353. The second-order valence-electron chi connectivity index (χ2n) is 6.60. The smallest absolute Gasteiger partial charge is 0.343 e. The highest BCUT2D eigenvalue weighted by Crippen LogP contribution is 2.23. The van der Waals surface area contributed by atoms with Crippen molar-refractivity contribution in [3.63, 3.8) is 0 Å². The molecule has 3 aromatic carbocycles. The molecule has 1 N–H and O–H groups in total. The summed E-state index contributed by atoms with van der Waals surface area (Å²) in [6.07, 6.45) is 2.99. The van der Waals surface area contributed by atoms with Crippen LogP contribution in [0.25, 0.3) is 0 Å². The van der Waals surface area contributed by atoms with Gasteiger partial charge in [0.1, 0.15) is 23.9 Å². The summed E-state index contributed by atoms with van der Waals surface area (Å²) in [5, 5.41) is 4.01. The number of hydrazone groups is 1. The standard InChI is InChI=1S/C25H21BrN2O5/c1-3-14-32-23-13-10-19(26)15-21(23)24(29)28-27-16-18-6-4-5-7-22(18)33-25(30)17-8-11-20(31-2)12-9-17/h3-13,15-16H,1,14H2,2H3,(H,28,29)/b27-16+. The fourth-order valence-electron chi connectivity index (χ4n) is 2.74. The lowest BCUT2D eigenvalue weighted by Crippen LogP contribution is -2.19. The second-order valence-corrected chi connectivity index (χ2v) is 7.51. The van der Waals surface area contributed by atoms with Gasteiger partial charge < -0.3 is 14.2 Å². The van der Waals surface area contributed by atoms with E-state index in [-0.39, 0.29) is 6.61 Å². The number of para-hydroxylation sites is 1. The fraction of sp³-hybridized carbons (Fsp3) is 0.0800. The molecule has 1 amide bonds. The number of nitrogens with one attached hydrogen (secondary N) is 1. The van der Waals surface area contributed by atoms with Crippen molar-refractivity contribution in [2.24, 2.45) is 5.10 Å². The van der Waals surface area contributed by atoms with E-state index in [0.717, 1.165) is 4.47 Å². The molecule has 0 heterocycles. The van der Waals surface area contributed by atoms with Crippen LogP contribution >= 0.6 is 15.9 Å². The van der Waals surface area contributed by atoms with Gasteiger partial charge in [-0.25, -0.2) is 10.2 Å². The highest BCUT2D eigenvalue weighted by Gasteiger charge is 2.14. The number of hydrogen-bond donors (Lipinski definition) is 1. The van der Waals surface area contributed by atoms with Crippen LogP contribution in [0.4, 0.5) is 0 Å². The van der Waals surface area contributed by atoms with Crippen molar-refractivity contribution in [2.45, 2.75) is 0 Å². The van der Waals surface area contributed by atoms with Crippen LogP contribution in [0.3, 0.4) is 0 Å². The molecule has 0 aliphatic heterocycles. The highest BCUT2D eigenvalue weighted by molar-refractivity contribution is 9.10. The average Bonchev–Trinajstić information content (AvgIpc) is 2.84. The number of amides is 1. The van der Waals surface area contributed by atoms with E-state index in [9.17, 15) is 9.59 Å². The second kappa shape index (κ2) is 11.6. The molecule has 33 heavy (non-hydrogen) atoms. The first kappa shape index (κ1) is 23.7. The van der Waals surface area contributed by atoms with Crippen LogP contribution in [0.5, 0.6) is 17.2 Å². The zero-order chi connectivity index (χ0) is 23.6. The average molecular weight is 509 g/mol. The maximum Gasteiger partial charge on any atom is 0.343 e. The SMILES string of the molecule is C=CCOc1ccc(Br)cc1C(=O)N/N=C/c1ccccc1OC(=O)c1ccc(OC)cc1. The van der Waals surface area contributed by atoms with Gasteiger partial charge in [0.25, 0.3) is 5.91 Å². The van der Waals surface area contributed by atoms with E-state index < -0.39 is 11.9 Å². The van der Waals surface area contributed by atoms with E-state index in [0.29, 0.717) is 33.9 Å². The predicted molar refractivity (Wildman–Crippen MR) is 129 cm³/mol. The summed E-state index contributed by atoms with van der Waals surface area (Å²) in [4.78, 5) is 25.1. The van der Waals surface area contributed by atoms with Gasteiger partial charge in [0.05, 0.1) is 24.5 Å². The number of esters is 1. The molecule has 0 fully saturated rings. The Hall–Kier alpha value is -3.91. The van der Waals surface area contributed by atoms with Gasteiger partial charge in [0.2, 0.25) is 0 Å². The number of carbonyl (C=O) groups excluding carboxylic acids is 2. The largest absolute Gasteiger partial charge is 0.497 e. The third-order valence-corrected chi connectivity index (χ3v) is 4.85. The predicted octanol–water partition coefficient (Wildman–Crippen LogP) is 5.01.